The van der Waals surface area contributed by atoms with Gasteiger partial charge in [0.1, 0.15) is 0 Å². The molecule has 4 aliphatic carbocycles. The van der Waals surface area contributed by atoms with Crippen LogP contribution < -0.4 is 10.2 Å². The van der Waals surface area contributed by atoms with Crippen molar-refractivity contribution in [2.45, 2.75) is 63.2 Å². The van der Waals surface area contributed by atoms with Gasteiger partial charge in [-0.1, -0.05) is 18.2 Å². The molecule has 0 radical (unpaired) electrons. The fourth-order valence-corrected chi connectivity index (χ4v) is 7.85. The molecule has 3 amide bonds. The summed E-state index contributed by atoms with van der Waals surface area (Å²) in [6.07, 6.45) is 8.12. The Bertz CT molecular complexity index is 820. The number of nitrogens with one attached hydrogen (secondary N) is 1. The van der Waals surface area contributed by atoms with Crippen LogP contribution in [0.25, 0.3) is 0 Å². The Balaban J connectivity index is 1.16. The maximum absolute atomic E-state index is 12.7. The molecule has 6 rings (SSSR count). The number of para-hydroxylation sites is 1. The quantitative estimate of drug-likeness (QED) is 0.703. The molecule has 5 nitrogen and oxygen atoms in total. The lowest BCUT2D eigenvalue weighted by molar-refractivity contribution is -0.123. The predicted octanol–water partition coefficient (Wildman–Crippen LogP) is 3.77. The highest BCUT2D eigenvalue weighted by atomic mass is 32.2. The van der Waals surface area contributed by atoms with Gasteiger partial charge < -0.3 is 5.32 Å². The molecule has 4 saturated carbocycles. The molecular formula is C24H30N2O3S. The summed E-state index contributed by atoms with van der Waals surface area (Å²) in [4.78, 5) is 39.1. The van der Waals surface area contributed by atoms with E-state index >= 15 is 0 Å². The molecule has 6 heteroatoms. The molecule has 1 saturated heterocycles. The number of nitrogens with zero attached hydrogens (tertiary/aromatic N) is 1. The van der Waals surface area contributed by atoms with E-state index in [1.165, 1.54) is 55.2 Å². The summed E-state index contributed by atoms with van der Waals surface area (Å²) in [5.41, 5.74) is 0.883. The van der Waals surface area contributed by atoms with Crippen molar-refractivity contribution >= 4 is 35.2 Å². The van der Waals surface area contributed by atoms with Gasteiger partial charge in [0, 0.05) is 12.5 Å². The Labute approximate surface area is 182 Å². The maximum Gasteiger partial charge on any atom is 0.247 e. The number of hydrogen-bond acceptors (Lipinski definition) is 4. The van der Waals surface area contributed by atoms with E-state index in [1.807, 2.05) is 18.2 Å². The van der Waals surface area contributed by atoms with Gasteiger partial charge in [0.2, 0.25) is 17.7 Å². The number of amides is 3. The highest BCUT2D eigenvalue weighted by molar-refractivity contribution is 8.01. The molecule has 0 unspecified atom stereocenters. The molecule has 1 heterocycles. The van der Waals surface area contributed by atoms with E-state index in [4.69, 9.17) is 0 Å². The van der Waals surface area contributed by atoms with Gasteiger partial charge in [-0.05, 0) is 80.8 Å². The van der Waals surface area contributed by atoms with Gasteiger partial charge in [-0.15, -0.1) is 11.8 Å². The first-order chi connectivity index (χ1) is 14.4. The number of carbonyl (C=O) groups excluding carboxylic acids is 3. The number of carbonyl (C=O) groups is 3. The van der Waals surface area contributed by atoms with Crippen LogP contribution in [0.2, 0.25) is 0 Å². The zero-order valence-electron chi connectivity index (χ0n) is 17.5. The molecule has 5 aliphatic rings. The van der Waals surface area contributed by atoms with Gasteiger partial charge in [0.15, 0.2) is 0 Å². The molecule has 160 valence electrons. The predicted molar refractivity (Wildman–Crippen MR) is 118 cm³/mol. The van der Waals surface area contributed by atoms with Crippen LogP contribution in [0.15, 0.2) is 30.3 Å². The average Bonchev–Trinajstić information content (AvgIpc) is 2.99. The Morgan fingerprint density at radius 3 is 2.30 bits per heavy atom. The van der Waals surface area contributed by atoms with Crippen molar-refractivity contribution in [3.05, 3.63) is 30.3 Å². The lowest BCUT2D eigenvalue weighted by Crippen LogP contribution is -2.56. The van der Waals surface area contributed by atoms with Crippen molar-refractivity contribution in [1.29, 1.82) is 0 Å². The molecule has 4 bridgehead atoms. The second-order valence-corrected chi connectivity index (χ2v) is 11.2. The van der Waals surface area contributed by atoms with Gasteiger partial charge in [-0.2, -0.15) is 0 Å². The Morgan fingerprint density at radius 2 is 1.70 bits per heavy atom. The lowest BCUT2D eigenvalue weighted by atomic mass is 9.48. The zero-order chi connectivity index (χ0) is 20.9. The first-order valence-electron chi connectivity index (χ1n) is 11.3. The largest absolute Gasteiger partial charge is 0.352 e. The Morgan fingerprint density at radius 1 is 1.10 bits per heavy atom. The van der Waals surface area contributed by atoms with E-state index < -0.39 is 5.25 Å². The number of anilines is 1. The monoisotopic (exact) mass is 426 g/mol. The third kappa shape index (κ3) is 3.57. The van der Waals surface area contributed by atoms with Crippen molar-refractivity contribution in [2.75, 3.05) is 10.7 Å². The van der Waals surface area contributed by atoms with E-state index in [1.54, 1.807) is 12.1 Å². The molecule has 5 fully saturated rings. The van der Waals surface area contributed by atoms with E-state index in [0.717, 1.165) is 17.8 Å². The number of hydrogen-bond donors (Lipinski definition) is 1. The van der Waals surface area contributed by atoms with Crippen LogP contribution in [-0.2, 0) is 14.4 Å². The molecule has 2 atom stereocenters. The first-order valence-corrected chi connectivity index (χ1v) is 12.3. The van der Waals surface area contributed by atoms with Crippen molar-refractivity contribution < 1.29 is 14.4 Å². The molecule has 1 N–H and O–H groups in total. The fraction of sp³-hybridized carbons (Fsp3) is 0.625. The molecule has 30 heavy (non-hydrogen) atoms. The van der Waals surface area contributed by atoms with E-state index in [-0.39, 0.29) is 41.4 Å². The minimum absolute atomic E-state index is 0.0124. The second-order valence-electron chi connectivity index (χ2n) is 9.98. The summed E-state index contributed by atoms with van der Waals surface area (Å²) >= 11 is 1.30. The summed E-state index contributed by atoms with van der Waals surface area (Å²) in [6, 6.07) is 9.20. The van der Waals surface area contributed by atoms with Crippen LogP contribution in [0.5, 0.6) is 0 Å². The number of rotatable bonds is 6. The molecule has 1 aromatic rings. The van der Waals surface area contributed by atoms with Crippen LogP contribution in [0.4, 0.5) is 5.69 Å². The Hall–Kier alpha value is -1.82. The molecular weight excluding hydrogens is 396 g/mol. The van der Waals surface area contributed by atoms with Crippen LogP contribution in [0.1, 0.15) is 51.9 Å². The smallest absolute Gasteiger partial charge is 0.247 e. The van der Waals surface area contributed by atoms with Gasteiger partial charge in [-0.25, -0.2) is 4.90 Å². The van der Waals surface area contributed by atoms with Crippen LogP contribution >= 0.6 is 11.8 Å². The summed E-state index contributed by atoms with van der Waals surface area (Å²) in [5.74, 6) is 2.39. The number of thioether (sulfide) groups is 1. The highest BCUT2D eigenvalue weighted by Gasteiger charge is 2.53. The summed E-state index contributed by atoms with van der Waals surface area (Å²) in [5, 5.41) is 2.79. The van der Waals surface area contributed by atoms with Gasteiger partial charge in [-0.3, -0.25) is 14.4 Å². The standard InChI is InChI=1S/C24H30N2O3S/c1-15(24-11-16-7-17(12-24)9-18(8-16)13-24)25-21(27)14-30-20-10-22(28)26(23(20)29)19-5-3-2-4-6-19/h2-6,15-18,20H,7-14H2,1H3,(H,25,27)/t15-,16?,17?,18?,20-,24?/m1/s1. The van der Waals surface area contributed by atoms with Crippen molar-refractivity contribution in [3.63, 3.8) is 0 Å². The second kappa shape index (κ2) is 7.70. The first kappa shape index (κ1) is 20.1. The lowest BCUT2D eigenvalue weighted by Gasteiger charge is -2.59. The summed E-state index contributed by atoms with van der Waals surface area (Å²) in [6.45, 7) is 2.18. The normalized spacial score (nSPS) is 35.7. The van der Waals surface area contributed by atoms with Crippen molar-refractivity contribution in [2.24, 2.45) is 23.2 Å². The van der Waals surface area contributed by atoms with E-state index in [0.29, 0.717) is 5.69 Å². The summed E-state index contributed by atoms with van der Waals surface area (Å²) in [7, 11) is 0. The topological polar surface area (TPSA) is 66.5 Å². The minimum Gasteiger partial charge on any atom is -0.352 e. The number of imide groups is 1. The SMILES string of the molecule is C[C@@H](NC(=O)CS[C@@H]1CC(=O)N(c2ccccc2)C1=O)C12CC3CC(CC(C3)C1)C2. The minimum atomic E-state index is -0.474. The third-order valence-electron chi connectivity index (χ3n) is 7.92. The van der Waals surface area contributed by atoms with Crippen molar-refractivity contribution in [3.8, 4) is 0 Å². The molecule has 0 spiro atoms. The van der Waals surface area contributed by atoms with E-state index in [9.17, 15) is 14.4 Å². The zero-order valence-corrected chi connectivity index (χ0v) is 18.3. The van der Waals surface area contributed by atoms with Crippen molar-refractivity contribution in [1.82, 2.24) is 5.32 Å². The summed E-state index contributed by atoms with van der Waals surface area (Å²) < 4.78 is 0. The highest BCUT2D eigenvalue weighted by Crippen LogP contribution is 2.61. The third-order valence-corrected chi connectivity index (χ3v) is 9.12. The van der Waals surface area contributed by atoms with Crippen LogP contribution in [0.3, 0.4) is 0 Å². The Kier molecular flexibility index (Phi) is 5.16. The molecule has 1 aromatic carbocycles. The van der Waals surface area contributed by atoms with Crippen LogP contribution in [-0.4, -0.2) is 34.8 Å². The van der Waals surface area contributed by atoms with Crippen LogP contribution in [0, 0.1) is 23.2 Å². The molecule has 1 aliphatic heterocycles. The van der Waals surface area contributed by atoms with E-state index in [2.05, 4.69) is 12.2 Å². The van der Waals surface area contributed by atoms with Gasteiger partial charge in [0.05, 0.1) is 16.7 Å². The molecule has 0 aromatic heterocycles. The fourth-order valence-electron chi connectivity index (χ4n) is 6.90. The maximum atomic E-state index is 12.7. The average molecular weight is 427 g/mol. The number of benzene rings is 1. The van der Waals surface area contributed by atoms with Gasteiger partial charge >= 0.3 is 0 Å². The van der Waals surface area contributed by atoms with Gasteiger partial charge in [0.25, 0.3) is 0 Å².